The van der Waals surface area contributed by atoms with Crippen molar-refractivity contribution < 1.29 is 0 Å². The molecule has 10 heavy (non-hydrogen) atoms. The molecular weight excluding hydrogens is 176 g/mol. The molecule has 1 heterocycles. The number of aromatic nitrogens is 2. The zero-order chi connectivity index (χ0) is 7.72. The van der Waals surface area contributed by atoms with E-state index >= 15 is 0 Å². The number of aryl methyl sites for hydroxylation is 1. The Morgan fingerprint density at radius 3 is 2.00 bits per heavy atom. The molecule has 1 aromatic rings. The lowest BCUT2D eigenvalue weighted by molar-refractivity contribution is 1.06. The standard InChI is InChI=1S/C5H5Cl2N3/c1-2-9-4(6)3(8)5(7)10-2/h8H2,1H3/i2+1,4+1,5+1. The monoisotopic (exact) mass is 180 g/mol. The summed E-state index contributed by atoms with van der Waals surface area (Å²) in [5.41, 5.74) is 5.59. The lowest BCUT2D eigenvalue weighted by Gasteiger charge is -1.98. The van der Waals surface area contributed by atoms with E-state index in [1.807, 2.05) is 0 Å². The maximum Gasteiger partial charge on any atom is 0.157 e. The van der Waals surface area contributed by atoms with E-state index < -0.39 is 0 Å². The van der Waals surface area contributed by atoms with E-state index in [-0.39, 0.29) is 16.0 Å². The Morgan fingerprint density at radius 1 is 1.20 bits per heavy atom. The summed E-state index contributed by atoms with van der Waals surface area (Å²) in [6, 6.07) is 0. The molecule has 0 bridgehead atoms. The van der Waals surface area contributed by atoms with Crippen LogP contribution in [-0.4, -0.2) is 9.97 Å². The summed E-state index contributed by atoms with van der Waals surface area (Å²) < 4.78 is 0. The minimum absolute atomic E-state index is 0.206. The van der Waals surface area contributed by atoms with Crippen molar-refractivity contribution in [2.45, 2.75) is 6.92 Å². The van der Waals surface area contributed by atoms with E-state index in [4.69, 9.17) is 28.9 Å². The van der Waals surface area contributed by atoms with Crippen molar-refractivity contribution in [2.75, 3.05) is 5.73 Å². The van der Waals surface area contributed by atoms with Gasteiger partial charge in [-0.15, -0.1) is 0 Å². The van der Waals surface area contributed by atoms with Crippen LogP contribution in [0.3, 0.4) is 0 Å². The van der Waals surface area contributed by atoms with Crippen molar-refractivity contribution in [1.29, 1.82) is 0 Å². The molecule has 0 saturated carbocycles. The number of hydrogen-bond donors (Lipinski definition) is 1. The van der Waals surface area contributed by atoms with Crippen LogP contribution in [0.1, 0.15) is 5.82 Å². The number of halogens is 2. The molecule has 0 aliphatic heterocycles. The molecule has 0 unspecified atom stereocenters. The summed E-state index contributed by atoms with van der Waals surface area (Å²) in [7, 11) is 0. The van der Waals surface area contributed by atoms with Gasteiger partial charge in [-0.3, -0.25) is 0 Å². The molecule has 0 atom stereocenters. The Hall–Kier alpha value is -0.540. The minimum Gasteiger partial charge on any atom is -0.394 e. The van der Waals surface area contributed by atoms with E-state index in [1.54, 1.807) is 6.92 Å². The molecule has 0 spiro atoms. The second-order valence-corrected chi connectivity index (χ2v) is 2.48. The Bertz CT molecular complexity index is 238. The van der Waals surface area contributed by atoms with E-state index in [1.165, 1.54) is 0 Å². The van der Waals surface area contributed by atoms with Gasteiger partial charge in [0, 0.05) is 0 Å². The molecule has 0 aliphatic rings. The smallest absolute Gasteiger partial charge is 0.157 e. The third-order valence-electron chi connectivity index (χ3n) is 0.964. The quantitative estimate of drug-likeness (QED) is 0.619. The van der Waals surface area contributed by atoms with Crippen LogP contribution < -0.4 is 5.73 Å². The Kier molecular flexibility index (Phi) is 1.97. The van der Waals surface area contributed by atoms with Gasteiger partial charge in [-0.25, -0.2) is 9.97 Å². The number of rotatable bonds is 0. The highest BCUT2D eigenvalue weighted by Crippen LogP contribution is 2.22. The lowest BCUT2D eigenvalue weighted by Crippen LogP contribution is -1.96. The molecule has 5 heteroatoms. The molecule has 0 aromatic carbocycles. The maximum absolute atomic E-state index is 5.56. The van der Waals surface area contributed by atoms with Crippen LogP contribution in [0.2, 0.25) is 10.3 Å². The Labute approximate surface area is 68.2 Å². The number of hydrogen-bond acceptors (Lipinski definition) is 3. The van der Waals surface area contributed by atoms with E-state index in [9.17, 15) is 0 Å². The van der Waals surface area contributed by atoms with Crippen molar-refractivity contribution in [3.05, 3.63) is 16.1 Å². The highest BCUT2D eigenvalue weighted by Gasteiger charge is 2.04. The van der Waals surface area contributed by atoms with Crippen molar-refractivity contribution in [3.8, 4) is 0 Å². The summed E-state index contributed by atoms with van der Waals surface area (Å²) in [6.45, 7) is 1.69. The first-order valence-electron chi connectivity index (χ1n) is 2.56. The van der Waals surface area contributed by atoms with Gasteiger partial charge < -0.3 is 5.73 Å². The summed E-state index contributed by atoms with van der Waals surface area (Å²) in [5.74, 6) is 0.518. The summed E-state index contributed by atoms with van der Waals surface area (Å²) in [4.78, 5) is 7.56. The van der Waals surface area contributed by atoms with Crippen molar-refractivity contribution >= 4 is 28.9 Å². The second-order valence-electron chi connectivity index (χ2n) is 1.77. The summed E-state index contributed by atoms with van der Waals surface area (Å²) in [5, 5.41) is 0.412. The van der Waals surface area contributed by atoms with Crippen LogP contribution in [0.15, 0.2) is 0 Å². The second kappa shape index (κ2) is 2.60. The predicted octanol–water partition coefficient (Wildman–Crippen LogP) is 1.67. The lowest BCUT2D eigenvalue weighted by atomic mass is 10.9. The molecule has 0 fully saturated rings. The zero-order valence-corrected chi connectivity index (χ0v) is 6.74. The molecule has 0 amide bonds. The normalized spacial score (nSPS) is 9.90. The summed E-state index contributed by atoms with van der Waals surface area (Å²) >= 11 is 11.1. The number of anilines is 1. The van der Waals surface area contributed by atoms with Gasteiger partial charge in [0.2, 0.25) is 0 Å². The number of nitrogens with zero attached hydrogens (tertiary/aromatic N) is 2. The fourth-order valence-electron chi connectivity index (χ4n) is 0.515. The van der Waals surface area contributed by atoms with Crippen LogP contribution in [-0.2, 0) is 0 Å². The molecule has 0 saturated heterocycles. The highest BCUT2D eigenvalue weighted by molar-refractivity contribution is 6.37. The van der Waals surface area contributed by atoms with E-state index in [2.05, 4.69) is 9.97 Å². The van der Waals surface area contributed by atoms with Crippen LogP contribution in [0.4, 0.5) is 5.69 Å². The number of nitrogen functional groups attached to an aromatic ring is 1. The minimum atomic E-state index is 0.206. The predicted molar refractivity (Wildman–Crippen MR) is 41.2 cm³/mol. The molecule has 1 aromatic heterocycles. The fraction of sp³-hybridized carbons (Fsp3) is 0.200. The van der Waals surface area contributed by atoms with Crippen molar-refractivity contribution in [1.82, 2.24) is 9.97 Å². The van der Waals surface area contributed by atoms with Crippen molar-refractivity contribution in [3.63, 3.8) is 0 Å². The largest absolute Gasteiger partial charge is 0.394 e. The fourth-order valence-corrected chi connectivity index (χ4v) is 0.987. The average Bonchev–Trinajstić information content (AvgIpc) is 1.82. The van der Waals surface area contributed by atoms with Crippen molar-refractivity contribution in [2.24, 2.45) is 0 Å². The first kappa shape index (κ1) is 7.57. The van der Waals surface area contributed by atoms with Gasteiger partial charge in [0.25, 0.3) is 0 Å². The molecule has 0 radical (unpaired) electrons. The van der Waals surface area contributed by atoms with Gasteiger partial charge >= 0.3 is 0 Å². The van der Waals surface area contributed by atoms with Gasteiger partial charge in [-0.1, -0.05) is 23.2 Å². The van der Waals surface area contributed by atoms with Crippen LogP contribution >= 0.6 is 23.2 Å². The molecule has 54 valence electrons. The van der Waals surface area contributed by atoms with Gasteiger partial charge in [0.1, 0.15) is 11.5 Å². The first-order valence-corrected chi connectivity index (χ1v) is 3.32. The van der Waals surface area contributed by atoms with Gasteiger partial charge in [0.15, 0.2) is 10.3 Å². The molecular formula is C5H5Cl2N3. The third kappa shape index (κ3) is 1.30. The molecule has 3 nitrogen and oxygen atoms in total. The first-order chi connectivity index (χ1) is 4.61. The van der Waals surface area contributed by atoms with Crippen LogP contribution in [0, 0.1) is 6.92 Å². The molecule has 2 N–H and O–H groups in total. The van der Waals surface area contributed by atoms with E-state index in [0.29, 0.717) is 5.82 Å². The highest BCUT2D eigenvalue weighted by atomic mass is 35.5. The maximum atomic E-state index is 5.56. The van der Waals surface area contributed by atoms with E-state index in [0.717, 1.165) is 0 Å². The topological polar surface area (TPSA) is 51.8 Å². The van der Waals surface area contributed by atoms with Gasteiger partial charge in [-0.05, 0) is 6.92 Å². The Balaban J connectivity index is 3.31. The van der Waals surface area contributed by atoms with Crippen LogP contribution in [0.5, 0.6) is 0 Å². The Morgan fingerprint density at radius 2 is 1.60 bits per heavy atom. The number of nitrogens with two attached hydrogens (primary N) is 1. The molecule has 0 aliphatic carbocycles. The van der Waals surface area contributed by atoms with Gasteiger partial charge in [0.05, 0.1) is 0 Å². The average molecular weight is 181 g/mol. The summed E-state index contributed by atoms with van der Waals surface area (Å²) in [6.07, 6.45) is 0. The zero-order valence-electron chi connectivity index (χ0n) is 5.23. The third-order valence-corrected chi connectivity index (χ3v) is 1.54. The SMILES string of the molecule is C[13c]1n[13c](Cl)c(N)[13c](Cl)n1. The van der Waals surface area contributed by atoms with Gasteiger partial charge in [-0.2, -0.15) is 0 Å². The molecule has 1 rings (SSSR count). The van der Waals surface area contributed by atoms with Crippen LogP contribution in [0.25, 0.3) is 0 Å².